The smallest absolute Gasteiger partial charge is 0.250 e. The Hall–Kier alpha value is -1.42. The Morgan fingerprint density at radius 1 is 1.60 bits per heavy atom. The molecule has 0 atom stereocenters. The van der Waals surface area contributed by atoms with Crippen LogP contribution < -0.4 is 5.32 Å². The van der Waals surface area contributed by atoms with Crippen LogP contribution in [0.2, 0.25) is 0 Å². The first-order valence-electron chi connectivity index (χ1n) is 4.85. The van der Waals surface area contributed by atoms with Crippen LogP contribution in [0.3, 0.4) is 0 Å². The van der Waals surface area contributed by atoms with Gasteiger partial charge >= 0.3 is 0 Å². The lowest BCUT2D eigenvalue weighted by atomic mass is 9.97. The molecule has 82 valence electrons. The minimum atomic E-state index is -0.249. The van der Waals surface area contributed by atoms with Crippen molar-refractivity contribution in [2.75, 3.05) is 13.7 Å². The zero-order valence-corrected chi connectivity index (χ0v) is 8.84. The molecular weight excluding hydrogens is 194 g/mol. The first kappa shape index (κ1) is 11.7. The Balaban J connectivity index is 2.53. The normalized spacial score (nSPS) is 15.8. The van der Waals surface area contributed by atoms with E-state index < -0.39 is 0 Å². The van der Waals surface area contributed by atoms with Gasteiger partial charge in [0.15, 0.2) is 5.78 Å². The lowest BCUT2D eigenvalue weighted by Gasteiger charge is -2.15. The SMILES string of the molecule is C=C(NC(=O)COC)C1=CC(=O)CCC1. The number of nitrogens with one attached hydrogen (secondary N) is 1. The number of ether oxygens (including phenoxy) is 1. The van der Waals surface area contributed by atoms with Crippen LogP contribution in [0.1, 0.15) is 19.3 Å². The third-order valence-electron chi connectivity index (χ3n) is 2.16. The van der Waals surface area contributed by atoms with E-state index in [4.69, 9.17) is 0 Å². The van der Waals surface area contributed by atoms with E-state index in [2.05, 4.69) is 16.6 Å². The van der Waals surface area contributed by atoms with Crippen LogP contribution in [0.25, 0.3) is 0 Å². The molecule has 15 heavy (non-hydrogen) atoms. The van der Waals surface area contributed by atoms with E-state index in [0.717, 1.165) is 18.4 Å². The molecule has 4 heteroatoms. The predicted octanol–water partition coefficient (Wildman–Crippen LogP) is 0.942. The number of amides is 1. The van der Waals surface area contributed by atoms with E-state index in [-0.39, 0.29) is 18.3 Å². The Labute approximate surface area is 89.0 Å². The largest absolute Gasteiger partial charge is 0.375 e. The summed E-state index contributed by atoms with van der Waals surface area (Å²) in [5.41, 5.74) is 1.32. The number of hydrogen-bond donors (Lipinski definition) is 1. The second-order valence-electron chi connectivity index (χ2n) is 3.45. The maximum absolute atomic E-state index is 11.2. The summed E-state index contributed by atoms with van der Waals surface area (Å²) in [5, 5.41) is 2.59. The van der Waals surface area contributed by atoms with E-state index >= 15 is 0 Å². The quantitative estimate of drug-likeness (QED) is 0.749. The molecule has 0 saturated carbocycles. The van der Waals surface area contributed by atoms with Crippen LogP contribution in [-0.4, -0.2) is 25.4 Å². The molecule has 0 fully saturated rings. The number of hydrogen-bond acceptors (Lipinski definition) is 3. The van der Waals surface area contributed by atoms with E-state index in [9.17, 15) is 9.59 Å². The van der Waals surface area contributed by atoms with Crippen molar-refractivity contribution in [1.82, 2.24) is 5.32 Å². The molecule has 0 spiro atoms. The number of carbonyl (C=O) groups is 2. The molecule has 0 saturated heterocycles. The molecule has 0 bridgehead atoms. The van der Waals surface area contributed by atoms with Gasteiger partial charge in [0.2, 0.25) is 5.91 Å². The molecule has 1 aliphatic rings. The molecule has 1 amide bonds. The second-order valence-corrected chi connectivity index (χ2v) is 3.45. The van der Waals surface area contributed by atoms with Gasteiger partial charge < -0.3 is 10.1 Å². The molecule has 0 unspecified atom stereocenters. The highest BCUT2D eigenvalue weighted by Gasteiger charge is 2.13. The van der Waals surface area contributed by atoms with Crippen LogP contribution >= 0.6 is 0 Å². The number of allylic oxidation sites excluding steroid dienone is 2. The van der Waals surface area contributed by atoms with Gasteiger partial charge in [-0.3, -0.25) is 9.59 Å². The number of rotatable bonds is 4. The summed E-state index contributed by atoms with van der Waals surface area (Å²) in [6.07, 6.45) is 3.75. The molecule has 1 aliphatic carbocycles. The van der Waals surface area contributed by atoms with Crippen molar-refractivity contribution in [2.45, 2.75) is 19.3 Å². The van der Waals surface area contributed by atoms with Crippen molar-refractivity contribution >= 4 is 11.7 Å². The number of carbonyl (C=O) groups excluding carboxylic acids is 2. The first-order valence-corrected chi connectivity index (χ1v) is 4.85. The lowest BCUT2D eigenvalue weighted by molar-refractivity contribution is -0.124. The van der Waals surface area contributed by atoms with Gasteiger partial charge in [0.25, 0.3) is 0 Å². The third kappa shape index (κ3) is 3.67. The van der Waals surface area contributed by atoms with Gasteiger partial charge in [-0.2, -0.15) is 0 Å². The van der Waals surface area contributed by atoms with Crippen LogP contribution in [0.15, 0.2) is 23.9 Å². The van der Waals surface area contributed by atoms with Crippen LogP contribution in [0.5, 0.6) is 0 Å². The molecule has 1 rings (SSSR count). The maximum atomic E-state index is 11.2. The van der Waals surface area contributed by atoms with Crippen molar-refractivity contribution in [1.29, 1.82) is 0 Å². The Morgan fingerprint density at radius 2 is 2.33 bits per heavy atom. The zero-order valence-electron chi connectivity index (χ0n) is 8.84. The topological polar surface area (TPSA) is 55.4 Å². The maximum Gasteiger partial charge on any atom is 0.250 e. The van der Waals surface area contributed by atoms with E-state index in [1.807, 2.05) is 0 Å². The summed E-state index contributed by atoms with van der Waals surface area (Å²) in [6.45, 7) is 3.73. The first-order chi connectivity index (χ1) is 7.13. The van der Waals surface area contributed by atoms with Crippen molar-refractivity contribution in [3.05, 3.63) is 23.9 Å². The Bertz CT molecular complexity index is 318. The highest BCUT2D eigenvalue weighted by Crippen LogP contribution is 2.19. The fourth-order valence-corrected chi connectivity index (χ4v) is 1.45. The van der Waals surface area contributed by atoms with E-state index in [1.54, 1.807) is 6.08 Å². The summed E-state index contributed by atoms with van der Waals surface area (Å²) in [6, 6.07) is 0. The number of ketones is 1. The zero-order chi connectivity index (χ0) is 11.3. The highest BCUT2D eigenvalue weighted by atomic mass is 16.5. The molecule has 0 aromatic rings. The molecule has 0 heterocycles. The molecule has 4 nitrogen and oxygen atoms in total. The average Bonchev–Trinajstić information content (AvgIpc) is 2.18. The van der Waals surface area contributed by atoms with Gasteiger partial charge in [0, 0.05) is 19.2 Å². The van der Waals surface area contributed by atoms with Gasteiger partial charge in [-0.15, -0.1) is 0 Å². The molecular formula is C11H15NO3. The summed E-state index contributed by atoms with van der Waals surface area (Å²) in [5.74, 6) is -0.153. The van der Waals surface area contributed by atoms with Crippen molar-refractivity contribution in [3.8, 4) is 0 Å². The summed E-state index contributed by atoms with van der Waals surface area (Å²) in [4.78, 5) is 22.3. The number of methoxy groups -OCH3 is 1. The molecule has 0 radical (unpaired) electrons. The van der Waals surface area contributed by atoms with Crippen LogP contribution in [0, 0.1) is 0 Å². The Kier molecular flexibility index (Phi) is 4.24. The molecule has 0 aromatic heterocycles. The summed E-state index contributed by atoms with van der Waals surface area (Å²) in [7, 11) is 1.45. The summed E-state index contributed by atoms with van der Waals surface area (Å²) >= 11 is 0. The Morgan fingerprint density at radius 3 is 2.93 bits per heavy atom. The standard InChI is InChI=1S/C11H15NO3/c1-8(12-11(14)7-15-2)9-4-3-5-10(13)6-9/h6H,1,3-5,7H2,2H3,(H,12,14). The van der Waals surface area contributed by atoms with E-state index in [0.29, 0.717) is 12.1 Å². The second kappa shape index (κ2) is 5.46. The third-order valence-corrected chi connectivity index (χ3v) is 2.16. The van der Waals surface area contributed by atoms with Gasteiger partial charge in [0.1, 0.15) is 6.61 Å². The molecule has 0 aliphatic heterocycles. The summed E-state index contributed by atoms with van der Waals surface area (Å²) < 4.78 is 4.67. The minimum Gasteiger partial charge on any atom is -0.375 e. The monoisotopic (exact) mass is 209 g/mol. The lowest BCUT2D eigenvalue weighted by Crippen LogP contribution is -2.27. The highest BCUT2D eigenvalue weighted by molar-refractivity contribution is 5.92. The molecule has 1 N–H and O–H groups in total. The van der Waals surface area contributed by atoms with Crippen LogP contribution in [-0.2, 0) is 14.3 Å². The van der Waals surface area contributed by atoms with Gasteiger partial charge in [-0.05, 0) is 24.5 Å². The van der Waals surface area contributed by atoms with Crippen molar-refractivity contribution in [2.24, 2.45) is 0 Å². The van der Waals surface area contributed by atoms with E-state index in [1.165, 1.54) is 7.11 Å². The van der Waals surface area contributed by atoms with Crippen molar-refractivity contribution < 1.29 is 14.3 Å². The fourth-order valence-electron chi connectivity index (χ4n) is 1.45. The van der Waals surface area contributed by atoms with Gasteiger partial charge in [0.05, 0.1) is 0 Å². The predicted molar refractivity (Wildman–Crippen MR) is 56.1 cm³/mol. The average molecular weight is 209 g/mol. The fraction of sp³-hybridized carbons (Fsp3) is 0.455. The van der Waals surface area contributed by atoms with Crippen LogP contribution in [0.4, 0.5) is 0 Å². The van der Waals surface area contributed by atoms with Gasteiger partial charge in [-0.1, -0.05) is 6.58 Å². The molecule has 0 aromatic carbocycles. The van der Waals surface area contributed by atoms with Crippen molar-refractivity contribution in [3.63, 3.8) is 0 Å². The van der Waals surface area contributed by atoms with Gasteiger partial charge in [-0.25, -0.2) is 0 Å². The minimum absolute atomic E-state index is 0.000244.